The molecule has 0 unspecified atom stereocenters. The van der Waals surface area contributed by atoms with E-state index in [9.17, 15) is 4.79 Å². The maximum absolute atomic E-state index is 12.5. The Labute approximate surface area is 197 Å². The lowest BCUT2D eigenvalue weighted by Crippen LogP contribution is -2.17. The summed E-state index contributed by atoms with van der Waals surface area (Å²) < 4.78 is 11.5. The van der Waals surface area contributed by atoms with Gasteiger partial charge in [0, 0.05) is 16.1 Å². The molecule has 5 nitrogen and oxygen atoms in total. The van der Waals surface area contributed by atoms with Crippen molar-refractivity contribution in [1.82, 2.24) is 5.43 Å². The maximum Gasteiger partial charge on any atom is 0.271 e. The van der Waals surface area contributed by atoms with Crippen LogP contribution in [0.15, 0.2) is 90.0 Å². The molecule has 4 rings (SSSR count). The molecule has 0 saturated heterocycles. The standard InChI is InChI=1S/C27H23ClN2O3/c1-2-32-23-14-9-21(10-15-23)27(31)30-29-17-25-24-6-4-3-5-20(24)11-16-26(25)33-18-19-7-12-22(28)13-8-19/h3-17H,2,18H2,1H3,(H,30,31)/b29-17-. The minimum atomic E-state index is -0.307. The molecule has 0 heterocycles. The number of nitrogens with one attached hydrogen (secondary N) is 1. The maximum atomic E-state index is 12.5. The topological polar surface area (TPSA) is 59.9 Å². The number of hydrazone groups is 1. The van der Waals surface area contributed by atoms with E-state index < -0.39 is 0 Å². The smallest absolute Gasteiger partial charge is 0.271 e. The lowest BCUT2D eigenvalue weighted by atomic mass is 10.0. The molecule has 1 N–H and O–H groups in total. The summed E-state index contributed by atoms with van der Waals surface area (Å²) in [4.78, 5) is 12.5. The van der Waals surface area contributed by atoms with E-state index in [4.69, 9.17) is 21.1 Å². The number of amides is 1. The van der Waals surface area contributed by atoms with E-state index in [0.29, 0.717) is 29.5 Å². The van der Waals surface area contributed by atoms with Crippen molar-refractivity contribution in [2.45, 2.75) is 13.5 Å². The zero-order valence-corrected chi connectivity index (χ0v) is 18.9. The molecule has 166 valence electrons. The molecule has 1 amide bonds. The summed E-state index contributed by atoms with van der Waals surface area (Å²) in [6.07, 6.45) is 1.62. The highest BCUT2D eigenvalue weighted by Gasteiger charge is 2.09. The average molecular weight is 459 g/mol. The zero-order valence-electron chi connectivity index (χ0n) is 18.1. The molecule has 4 aromatic rings. The molecule has 0 spiro atoms. The molecule has 0 aliphatic rings. The first-order chi connectivity index (χ1) is 16.1. The molecule has 0 bridgehead atoms. The van der Waals surface area contributed by atoms with Crippen LogP contribution < -0.4 is 14.9 Å². The van der Waals surface area contributed by atoms with E-state index in [1.165, 1.54) is 0 Å². The van der Waals surface area contributed by atoms with Gasteiger partial charge >= 0.3 is 0 Å². The normalized spacial score (nSPS) is 11.0. The Kier molecular flexibility index (Phi) is 7.22. The first kappa shape index (κ1) is 22.4. The third-order valence-corrected chi connectivity index (χ3v) is 5.28. The molecule has 0 atom stereocenters. The Hall–Kier alpha value is -3.83. The Morgan fingerprint density at radius 2 is 1.70 bits per heavy atom. The fourth-order valence-electron chi connectivity index (χ4n) is 3.37. The van der Waals surface area contributed by atoms with E-state index in [-0.39, 0.29) is 5.91 Å². The number of hydrogen-bond acceptors (Lipinski definition) is 4. The van der Waals surface area contributed by atoms with Crippen molar-refractivity contribution in [3.8, 4) is 11.5 Å². The van der Waals surface area contributed by atoms with E-state index in [0.717, 1.165) is 27.6 Å². The van der Waals surface area contributed by atoms with Gasteiger partial charge in [-0.3, -0.25) is 4.79 Å². The van der Waals surface area contributed by atoms with Crippen LogP contribution in [0.25, 0.3) is 10.8 Å². The number of nitrogens with zero attached hydrogens (tertiary/aromatic N) is 1. The number of ether oxygens (including phenoxy) is 2. The van der Waals surface area contributed by atoms with Crippen LogP contribution in [-0.4, -0.2) is 18.7 Å². The van der Waals surface area contributed by atoms with Crippen LogP contribution in [0.5, 0.6) is 11.5 Å². The highest BCUT2D eigenvalue weighted by molar-refractivity contribution is 6.30. The van der Waals surface area contributed by atoms with Gasteiger partial charge in [0.05, 0.1) is 12.8 Å². The fourth-order valence-corrected chi connectivity index (χ4v) is 3.49. The van der Waals surface area contributed by atoms with Gasteiger partial charge in [-0.2, -0.15) is 5.10 Å². The SMILES string of the molecule is CCOc1ccc(C(=O)N/N=C\c2c(OCc3ccc(Cl)cc3)ccc3ccccc23)cc1. The van der Waals surface area contributed by atoms with Gasteiger partial charge in [-0.15, -0.1) is 0 Å². The number of benzene rings is 4. The predicted octanol–water partition coefficient (Wildman–Crippen LogP) is 6.23. The van der Waals surface area contributed by atoms with Crippen LogP contribution in [-0.2, 0) is 6.61 Å². The molecule has 0 aromatic heterocycles. The molecular formula is C27H23ClN2O3. The van der Waals surface area contributed by atoms with Crippen LogP contribution in [0, 0.1) is 0 Å². The average Bonchev–Trinajstić information content (AvgIpc) is 2.85. The second-order valence-corrected chi connectivity index (χ2v) is 7.71. The number of hydrogen-bond donors (Lipinski definition) is 1. The van der Waals surface area contributed by atoms with Crippen molar-refractivity contribution < 1.29 is 14.3 Å². The quantitative estimate of drug-likeness (QED) is 0.251. The van der Waals surface area contributed by atoms with Gasteiger partial charge in [-0.25, -0.2) is 5.43 Å². The summed E-state index contributed by atoms with van der Waals surface area (Å²) in [5.41, 5.74) is 4.87. The second-order valence-electron chi connectivity index (χ2n) is 7.27. The van der Waals surface area contributed by atoms with Gasteiger partial charge < -0.3 is 9.47 Å². The van der Waals surface area contributed by atoms with E-state index in [1.54, 1.807) is 30.5 Å². The van der Waals surface area contributed by atoms with Gasteiger partial charge in [-0.05, 0) is 65.7 Å². The summed E-state index contributed by atoms with van der Waals surface area (Å²) in [5, 5.41) is 6.91. The van der Waals surface area contributed by atoms with Crippen LogP contribution in [0.1, 0.15) is 28.4 Å². The Morgan fingerprint density at radius 3 is 2.45 bits per heavy atom. The van der Waals surface area contributed by atoms with Crippen molar-refractivity contribution in [3.63, 3.8) is 0 Å². The van der Waals surface area contributed by atoms with E-state index in [2.05, 4.69) is 10.5 Å². The minimum absolute atomic E-state index is 0.307. The van der Waals surface area contributed by atoms with Gasteiger partial charge in [0.25, 0.3) is 5.91 Å². The van der Waals surface area contributed by atoms with Gasteiger partial charge in [0.2, 0.25) is 0 Å². The zero-order chi connectivity index (χ0) is 23.0. The molecular weight excluding hydrogens is 436 g/mol. The van der Waals surface area contributed by atoms with Crippen LogP contribution in [0.2, 0.25) is 5.02 Å². The third-order valence-electron chi connectivity index (χ3n) is 5.03. The number of carbonyl (C=O) groups is 1. The number of fused-ring (bicyclic) bond motifs is 1. The van der Waals surface area contributed by atoms with Gasteiger partial charge in [-0.1, -0.05) is 54.1 Å². The molecule has 4 aromatic carbocycles. The van der Waals surface area contributed by atoms with Gasteiger partial charge in [0.1, 0.15) is 18.1 Å². The molecule has 0 aliphatic carbocycles. The Balaban J connectivity index is 1.53. The van der Waals surface area contributed by atoms with Crippen molar-refractivity contribution >= 4 is 34.5 Å². The first-order valence-electron chi connectivity index (χ1n) is 10.6. The number of rotatable bonds is 8. The van der Waals surface area contributed by atoms with E-state index >= 15 is 0 Å². The summed E-state index contributed by atoms with van der Waals surface area (Å²) in [6, 6.07) is 26.3. The van der Waals surface area contributed by atoms with Crippen molar-refractivity contribution in [3.05, 3.63) is 107 Å². The number of halogens is 1. The van der Waals surface area contributed by atoms with Crippen molar-refractivity contribution in [2.24, 2.45) is 5.10 Å². The monoisotopic (exact) mass is 458 g/mol. The Morgan fingerprint density at radius 1 is 0.939 bits per heavy atom. The molecule has 0 aliphatic heterocycles. The highest BCUT2D eigenvalue weighted by Crippen LogP contribution is 2.27. The third kappa shape index (κ3) is 5.70. The van der Waals surface area contributed by atoms with E-state index in [1.807, 2.05) is 67.6 Å². The largest absolute Gasteiger partial charge is 0.494 e. The predicted molar refractivity (Wildman–Crippen MR) is 132 cm³/mol. The Bertz CT molecular complexity index is 1270. The number of carbonyl (C=O) groups excluding carboxylic acids is 1. The summed E-state index contributed by atoms with van der Waals surface area (Å²) in [5.74, 6) is 1.08. The summed E-state index contributed by atoms with van der Waals surface area (Å²) in [6.45, 7) is 2.87. The lowest BCUT2D eigenvalue weighted by Gasteiger charge is -2.12. The molecule has 0 fully saturated rings. The first-order valence-corrected chi connectivity index (χ1v) is 11.0. The molecule has 6 heteroatoms. The van der Waals surface area contributed by atoms with Crippen LogP contribution >= 0.6 is 11.6 Å². The highest BCUT2D eigenvalue weighted by atomic mass is 35.5. The van der Waals surface area contributed by atoms with Gasteiger partial charge in [0.15, 0.2) is 0 Å². The molecule has 0 radical (unpaired) electrons. The van der Waals surface area contributed by atoms with Crippen LogP contribution in [0.4, 0.5) is 0 Å². The minimum Gasteiger partial charge on any atom is -0.494 e. The van der Waals surface area contributed by atoms with Crippen molar-refractivity contribution in [2.75, 3.05) is 6.61 Å². The lowest BCUT2D eigenvalue weighted by molar-refractivity contribution is 0.0955. The summed E-state index contributed by atoms with van der Waals surface area (Å²) in [7, 11) is 0. The molecule has 0 saturated carbocycles. The fraction of sp³-hybridized carbons (Fsp3) is 0.111. The van der Waals surface area contributed by atoms with Crippen LogP contribution in [0.3, 0.4) is 0 Å². The molecule has 33 heavy (non-hydrogen) atoms. The van der Waals surface area contributed by atoms with Crippen molar-refractivity contribution in [1.29, 1.82) is 0 Å². The second kappa shape index (κ2) is 10.7. The summed E-state index contributed by atoms with van der Waals surface area (Å²) >= 11 is 5.97.